The van der Waals surface area contributed by atoms with E-state index in [1.165, 1.54) is 34.9 Å². The molecule has 0 radical (unpaired) electrons. The molecule has 2 amide bonds. The molecule has 1 saturated heterocycles. The first kappa shape index (κ1) is 18.1. The maximum Gasteiger partial charge on any atom is 0.311 e. The zero-order valence-electron chi connectivity index (χ0n) is 12.8. The number of benzene rings is 1. The summed E-state index contributed by atoms with van der Waals surface area (Å²) >= 11 is 6.33. The van der Waals surface area contributed by atoms with Gasteiger partial charge < -0.3 is 10.1 Å². The Morgan fingerprint density at radius 2 is 2.29 bits per heavy atom. The Hall–Kier alpha value is -2.20. The van der Waals surface area contributed by atoms with Crippen LogP contribution in [0.2, 0.25) is 0 Å². The van der Waals surface area contributed by atoms with Gasteiger partial charge in [-0.3, -0.25) is 24.6 Å². The van der Waals surface area contributed by atoms with Gasteiger partial charge in [-0.2, -0.15) is 0 Å². The Kier molecular flexibility index (Phi) is 6.10. The number of thioether (sulfide) groups is 1. The lowest BCUT2D eigenvalue weighted by Crippen LogP contribution is -2.37. The van der Waals surface area contributed by atoms with Crippen LogP contribution in [0.1, 0.15) is 17.3 Å². The van der Waals surface area contributed by atoms with Crippen molar-refractivity contribution in [1.29, 1.82) is 0 Å². The van der Waals surface area contributed by atoms with Crippen LogP contribution >= 0.6 is 24.0 Å². The second kappa shape index (κ2) is 8.06. The summed E-state index contributed by atoms with van der Waals surface area (Å²) in [7, 11) is 0. The lowest BCUT2D eigenvalue weighted by Gasteiger charge is -2.15. The Balaban J connectivity index is 1.99. The molecule has 1 aromatic rings. The number of ether oxygens (including phenoxy) is 1. The average Bonchev–Trinajstić information content (AvgIpc) is 2.87. The summed E-state index contributed by atoms with van der Waals surface area (Å²) in [5.74, 6) is -0.121. The number of nitro benzene ring substituents is 1. The van der Waals surface area contributed by atoms with E-state index in [-0.39, 0.29) is 42.6 Å². The second-order valence-electron chi connectivity index (χ2n) is 4.73. The van der Waals surface area contributed by atoms with Crippen LogP contribution < -0.4 is 10.1 Å². The molecule has 128 valence electrons. The molecule has 1 fully saturated rings. The van der Waals surface area contributed by atoms with Crippen molar-refractivity contribution in [2.75, 3.05) is 25.4 Å². The van der Waals surface area contributed by atoms with Crippen molar-refractivity contribution in [2.45, 2.75) is 6.92 Å². The Morgan fingerprint density at radius 3 is 2.88 bits per heavy atom. The van der Waals surface area contributed by atoms with Crippen LogP contribution in [-0.4, -0.2) is 51.4 Å². The first-order chi connectivity index (χ1) is 11.4. The summed E-state index contributed by atoms with van der Waals surface area (Å²) in [6.07, 6.45) is 0. The maximum atomic E-state index is 12.1. The SMILES string of the molecule is CCOc1ccc(C(=O)NCCN2C(=O)CSC2=S)cc1[N+](=O)[O-]. The Morgan fingerprint density at radius 1 is 1.54 bits per heavy atom. The number of hydrogen-bond acceptors (Lipinski definition) is 7. The van der Waals surface area contributed by atoms with Crippen molar-refractivity contribution in [3.05, 3.63) is 33.9 Å². The second-order valence-corrected chi connectivity index (χ2v) is 6.34. The summed E-state index contributed by atoms with van der Waals surface area (Å²) in [6, 6.07) is 4.02. The van der Waals surface area contributed by atoms with Gasteiger partial charge in [-0.25, -0.2) is 0 Å². The normalized spacial score (nSPS) is 14.0. The summed E-state index contributed by atoms with van der Waals surface area (Å²) in [5.41, 5.74) is -0.119. The van der Waals surface area contributed by atoms with Gasteiger partial charge in [-0.05, 0) is 19.1 Å². The smallest absolute Gasteiger partial charge is 0.311 e. The number of amides is 2. The fourth-order valence-corrected chi connectivity index (χ4v) is 3.18. The molecule has 0 unspecified atom stereocenters. The van der Waals surface area contributed by atoms with E-state index in [1.807, 2.05) is 0 Å². The molecule has 1 aromatic carbocycles. The topological polar surface area (TPSA) is 102 Å². The van der Waals surface area contributed by atoms with E-state index < -0.39 is 10.8 Å². The highest BCUT2D eigenvalue weighted by Crippen LogP contribution is 2.28. The third-order valence-electron chi connectivity index (χ3n) is 3.18. The average molecular weight is 369 g/mol. The van der Waals surface area contributed by atoms with Crippen molar-refractivity contribution < 1.29 is 19.2 Å². The van der Waals surface area contributed by atoms with E-state index in [4.69, 9.17) is 17.0 Å². The van der Waals surface area contributed by atoms with E-state index in [9.17, 15) is 19.7 Å². The zero-order valence-corrected chi connectivity index (χ0v) is 14.4. The molecular formula is C14H15N3O5S2. The van der Waals surface area contributed by atoms with Crippen molar-refractivity contribution >= 4 is 45.8 Å². The molecule has 24 heavy (non-hydrogen) atoms. The fraction of sp³-hybridized carbons (Fsp3) is 0.357. The summed E-state index contributed by atoms with van der Waals surface area (Å²) in [4.78, 5) is 35.6. The Bertz CT molecular complexity index is 679. The highest BCUT2D eigenvalue weighted by Gasteiger charge is 2.26. The van der Waals surface area contributed by atoms with Gasteiger partial charge in [-0.15, -0.1) is 0 Å². The molecule has 1 aliphatic heterocycles. The van der Waals surface area contributed by atoms with E-state index in [1.54, 1.807) is 6.92 Å². The summed E-state index contributed by atoms with van der Waals surface area (Å²) in [5, 5.41) is 13.7. The number of carbonyl (C=O) groups excluding carboxylic acids is 2. The monoisotopic (exact) mass is 369 g/mol. The van der Waals surface area contributed by atoms with Gasteiger partial charge in [0.1, 0.15) is 4.32 Å². The van der Waals surface area contributed by atoms with E-state index in [0.717, 1.165) is 0 Å². The lowest BCUT2D eigenvalue weighted by molar-refractivity contribution is -0.385. The van der Waals surface area contributed by atoms with Gasteiger partial charge in [0.2, 0.25) is 5.91 Å². The summed E-state index contributed by atoms with van der Waals surface area (Å²) < 4.78 is 5.66. The van der Waals surface area contributed by atoms with Crippen molar-refractivity contribution in [2.24, 2.45) is 0 Å². The van der Waals surface area contributed by atoms with Gasteiger partial charge in [0.05, 0.1) is 17.3 Å². The minimum absolute atomic E-state index is 0.0871. The van der Waals surface area contributed by atoms with Gasteiger partial charge in [-0.1, -0.05) is 24.0 Å². The number of rotatable bonds is 7. The van der Waals surface area contributed by atoms with Crippen molar-refractivity contribution in [1.82, 2.24) is 10.2 Å². The van der Waals surface area contributed by atoms with Gasteiger partial charge in [0.15, 0.2) is 5.75 Å². The highest BCUT2D eigenvalue weighted by molar-refractivity contribution is 8.23. The number of carbonyl (C=O) groups is 2. The largest absolute Gasteiger partial charge is 0.487 e. The van der Waals surface area contributed by atoms with E-state index >= 15 is 0 Å². The van der Waals surface area contributed by atoms with Gasteiger partial charge in [0, 0.05) is 24.7 Å². The third kappa shape index (κ3) is 4.20. The minimum Gasteiger partial charge on any atom is -0.487 e. The lowest BCUT2D eigenvalue weighted by atomic mass is 10.1. The molecular weight excluding hydrogens is 354 g/mol. The molecule has 1 aliphatic rings. The molecule has 10 heteroatoms. The van der Waals surface area contributed by atoms with Crippen LogP contribution in [0, 0.1) is 10.1 Å². The molecule has 1 N–H and O–H groups in total. The quantitative estimate of drug-likeness (QED) is 0.442. The first-order valence-electron chi connectivity index (χ1n) is 7.10. The van der Waals surface area contributed by atoms with Crippen molar-refractivity contribution in [3.8, 4) is 5.75 Å². The van der Waals surface area contributed by atoms with Crippen LogP contribution in [0.25, 0.3) is 0 Å². The standard InChI is InChI=1S/C14H15N3O5S2/c1-2-22-11-4-3-9(7-10(11)17(20)21)13(19)15-5-6-16-12(18)8-24-14(16)23/h3-4,7H,2,5-6,8H2,1H3,(H,15,19). The maximum absolute atomic E-state index is 12.1. The molecule has 0 aromatic heterocycles. The number of thiocarbonyl (C=S) groups is 1. The molecule has 0 aliphatic carbocycles. The molecule has 1 heterocycles. The number of nitro groups is 1. The minimum atomic E-state index is -0.597. The van der Waals surface area contributed by atoms with Crippen molar-refractivity contribution in [3.63, 3.8) is 0 Å². The van der Waals surface area contributed by atoms with Crippen LogP contribution in [0.5, 0.6) is 5.75 Å². The van der Waals surface area contributed by atoms with Crippen LogP contribution in [-0.2, 0) is 4.79 Å². The summed E-state index contributed by atoms with van der Waals surface area (Å²) in [6.45, 7) is 2.47. The molecule has 0 bridgehead atoms. The van der Waals surface area contributed by atoms with Gasteiger partial charge in [0.25, 0.3) is 5.91 Å². The Labute approximate surface area is 147 Å². The zero-order chi connectivity index (χ0) is 17.7. The molecule has 0 atom stereocenters. The van der Waals surface area contributed by atoms with E-state index in [2.05, 4.69) is 5.32 Å². The van der Waals surface area contributed by atoms with Gasteiger partial charge >= 0.3 is 5.69 Å². The van der Waals surface area contributed by atoms with Crippen LogP contribution in [0.3, 0.4) is 0 Å². The predicted octanol–water partition coefficient (Wildman–Crippen LogP) is 1.58. The number of nitrogens with one attached hydrogen (secondary N) is 1. The fourth-order valence-electron chi connectivity index (χ4n) is 2.06. The predicted molar refractivity (Wildman–Crippen MR) is 93.4 cm³/mol. The van der Waals surface area contributed by atoms with Crippen LogP contribution in [0.4, 0.5) is 5.69 Å². The number of hydrogen-bond donors (Lipinski definition) is 1. The third-order valence-corrected chi connectivity index (χ3v) is 4.61. The molecule has 2 rings (SSSR count). The van der Waals surface area contributed by atoms with E-state index in [0.29, 0.717) is 10.1 Å². The van der Waals surface area contributed by atoms with Crippen LogP contribution in [0.15, 0.2) is 18.2 Å². The first-order valence-corrected chi connectivity index (χ1v) is 8.50. The number of nitrogens with zero attached hydrogens (tertiary/aromatic N) is 2. The molecule has 8 nitrogen and oxygen atoms in total. The molecule has 0 spiro atoms. The highest BCUT2D eigenvalue weighted by atomic mass is 32.2. The molecule has 0 saturated carbocycles.